The van der Waals surface area contributed by atoms with Gasteiger partial charge in [0.05, 0.1) is 0 Å². The first-order valence-corrected chi connectivity index (χ1v) is 9.19. The number of nitrogens with zero attached hydrogens (tertiary/aromatic N) is 3. The zero-order chi connectivity index (χ0) is 17.2. The van der Waals surface area contributed by atoms with Crippen LogP contribution in [0.15, 0.2) is 48.7 Å². The minimum absolute atomic E-state index is 0.0732. The number of carbonyl (C=O) groups excluding carboxylic acids is 1. The summed E-state index contributed by atoms with van der Waals surface area (Å²) in [6.45, 7) is 5.88. The fraction of sp³-hybridized carbons (Fsp3) is 0.429. The Bertz CT molecular complexity index is 729. The van der Waals surface area contributed by atoms with E-state index in [0.717, 1.165) is 25.5 Å². The summed E-state index contributed by atoms with van der Waals surface area (Å²) in [5, 5.41) is 0. The fourth-order valence-electron chi connectivity index (χ4n) is 4.16. The van der Waals surface area contributed by atoms with Gasteiger partial charge in [-0.25, -0.2) is 4.98 Å². The van der Waals surface area contributed by atoms with Crippen LogP contribution in [0.5, 0.6) is 0 Å². The van der Waals surface area contributed by atoms with E-state index in [0.29, 0.717) is 17.5 Å². The van der Waals surface area contributed by atoms with Gasteiger partial charge in [0.1, 0.15) is 5.82 Å². The minimum atomic E-state index is 0.0732. The summed E-state index contributed by atoms with van der Waals surface area (Å²) in [4.78, 5) is 21.1. The van der Waals surface area contributed by atoms with E-state index in [1.165, 1.54) is 24.9 Å². The monoisotopic (exact) mass is 335 g/mol. The number of carbonyl (C=O) groups is 1. The molecule has 0 spiro atoms. The van der Waals surface area contributed by atoms with E-state index in [9.17, 15) is 4.79 Å². The van der Waals surface area contributed by atoms with Crippen molar-refractivity contribution in [3.63, 3.8) is 0 Å². The lowest BCUT2D eigenvalue weighted by Crippen LogP contribution is -2.43. The van der Waals surface area contributed by atoms with Crippen LogP contribution in [0.2, 0.25) is 0 Å². The summed E-state index contributed by atoms with van der Waals surface area (Å²) < 4.78 is 0. The van der Waals surface area contributed by atoms with Gasteiger partial charge in [0.25, 0.3) is 0 Å². The third-order valence-electron chi connectivity index (χ3n) is 5.53. The second-order valence-electron chi connectivity index (χ2n) is 7.38. The van der Waals surface area contributed by atoms with Crippen LogP contribution in [0.1, 0.15) is 35.7 Å². The summed E-state index contributed by atoms with van der Waals surface area (Å²) in [5.74, 6) is 1.77. The van der Waals surface area contributed by atoms with Crippen LogP contribution in [-0.2, 0) is 6.54 Å². The maximum absolute atomic E-state index is 11.5. The first kappa shape index (κ1) is 16.3. The lowest BCUT2D eigenvalue weighted by Gasteiger charge is -2.36. The molecule has 4 heterocycles. The Morgan fingerprint density at radius 1 is 1.08 bits per heavy atom. The maximum Gasteiger partial charge on any atom is 0.161 e. The SMILES string of the molecule is CC(=O)c1ccc(N2C[C@H]3CC[C@@H](C2)N(Cc2ccccc2)C3)nc1. The van der Waals surface area contributed by atoms with Crippen LogP contribution in [0.4, 0.5) is 5.82 Å². The molecule has 3 fully saturated rings. The topological polar surface area (TPSA) is 36.4 Å². The molecule has 3 aliphatic rings. The van der Waals surface area contributed by atoms with E-state index >= 15 is 0 Å². The van der Waals surface area contributed by atoms with E-state index in [4.69, 9.17) is 0 Å². The molecule has 130 valence electrons. The van der Waals surface area contributed by atoms with Crippen molar-refractivity contribution in [1.82, 2.24) is 9.88 Å². The van der Waals surface area contributed by atoms with Crippen molar-refractivity contribution in [2.45, 2.75) is 32.4 Å². The largest absolute Gasteiger partial charge is 0.355 e. The number of Topliss-reactive ketones (excluding diaryl/α,β-unsaturated/α-hetero) is 1. The molecule has 3 aliphatic heterocycles. The molecule has 2 aromatic rings. The number of hydrogen-bond donors (Lipinski definition) is 0. The molecule has 25 heavy (non-hydrogen) atoms. The molecule has 0 saturated carbocycles. The van der Waals surface area contributed by atoms with Gasteiger partial charge in [-0.1, -0.05) is 30.3 Å². The molecule has 4 heteroatoms. The number of anilines is 1. The highest BCUT2D eigenvalue weighted by molar-refractivity contribution is 5.93. The quantitative estimate of drug-likeness (QED) is 0.803. The van der Waals surface area contributed by atoms with Gasteiger partial charge in [0.15, 0.2) is 5.78 Å². The van der Waals surface area contributed by atoms with Gasteiger partial charge in [-0.2, -0.15) is 0 Å². The van der Waals surface area contributed by atoms with Crippen LogP contribution in [0.3, 0.4) is 0 Å². The van der Waals surface area contributed by atoms with Crippen molar-refractivity contribution in [2.24, 2.45) is 5.92 Å². The highest BCUT2D eigenvalue weighted by Crippen LogP contribution is 2.31. The first-order valence-electron chi connectivity index (χ1n) is 9.19. The van der Waals surface area contributed by atoms with Crippen molar-refractivity contribution in [3.8, 4) is 0 Å². The second-order valence-corrected chi connectivity index (χ2v) is 7.38. The number of aromatic nitrogens is 1. The number of hydrogen-bond acceptors (Lipinski definition) is 4. The van der Waals surface area contributed by atoms with Crippen LogP contribution in [0.25, 0.3) is 0 Å². The first-order chi connectivity index (χ1) is 12.2. The molecule has 0 radical (unpaired) electrons. The number of ketones is 1. The Balaban J connectivity index is 1.50. The smallest absolute Gasteiger partial charge is 0.161 e. The average Bonchev–Trinajstić information content (AvgIpc) is 2.94. The van der Waals surface area contributed by atoms with Crippen LogP contribution >= 0.6 is 0 Å². The molecule has 2 atom stereocenters. The molecule has 0 amide bonds. The molecule has 2 bridgehead atoms. The molecule has 5 rings (SSSR count). The van der Waals surface area contributed by atoms with Crippen molar-refractivity contribution in [1.29, 1.82) is 0 Å². The van der Waals surface area contributed by atoms with Crippen molar-refractivity contribution >= 4 is 11.6 Å². The number of pyridine rings is 1. The van der Waals surface area contributed by atoms with E-state index in [-0.39, 0.29) is 5.78 Å². The van der Waals surface area contributed by atoms with Gasteiger partial charge in [-0.05, 0) is 43.4 Å². The van der Waals surface area contributed by atoms with E-state index < -0.39 is 0 Å². The Morgan fingerprint density at radius 3 is 2.64 bits per heavy atom. The Labute approximate surface area is 149 Å². The Kier molecular flexibility index (Phi) is 4.53. The molecular formula is C21H25N3O. The summed E-state index contributed by atoms with van der Waals surface area (Å²) in [6.07, 6.45) is 4.28. The van der Waals surface area contributed by atoms with Gasteiger partial charge in [0.2, 0.25) is 0 Å². The van der Waals surface area contributed by atoms with Gasteiger partial charge in [-0.15, -0.1) is 0 Å². The second kappa shape index (κ2) is 6.96. The van der Waals surface area contributed by atoms with Crippen LogP contribution in [-0.4, -0.2) is 41.3 Å². The Hall–Kier alpha value is -2.20. The molecule has 3 saturated heterocycles. The van der Waals surface area contributed by atoms with E-state index in [1.807, 2.05) is 12.1 Å². The van der Waals surface area contributed by atoms with Gasteiger partial charge in [0, 0.05) is 44.0 Å². The van der Waals surface area contributed by atoms with Crippen molar-refractivity contribution in [2.75, 3.05) is 24.5 Å². The van der Waals surface area contributed by atoms with Gasteiger partial charge in [-0.3, -0.25) is 9.69 Å². The maximum atomic E-state index is 11.5. The summed E-state index contributed by atoms with van der Waals surface area (Å²) in [7, 11) is 0. The highest BCUT2D eigenvalue weighted by Gasteiger charge is 2.35. The highest BCUT2D eigenvalue weighted by atomic mass is 16.1. The zero-order valence-corrected chi connectivity index (χ0v) is 14.8. The van der Waals surface area contributed by atoms with Crippen molar-refractivity contribution < 1.29 is 4.79 Å². The van der Waals surface area contributed by atoms with Crippen LogP contribution < -0.4 is 4.90 Å². The zero-order valence-electron chi connectivity index (χ0n) is 14.8. The van der Waals surface area contributed by atoms with Crippen LogP contribution in [0, 0.1) is 5.92 Å². The minimum Gasteiger partial charge on any atom is -0.355 e. The fourth-order valence-corrected chi connectivity index (χ4v) is 4.16. The molecule has 0 N–H and O–H groups in total. The lowest BCUT2D eigenvalue weighted by atomic mass is 9.94. The molecular weight excluding hydrogens is 310 g/mol. The predicted molar refractivity (Wildman–Crippen MR) is 99.8 cm³/mol. The number of piperidine rings is 1. The molecule has 1 aromatic heterocycles. The van der Waals surface area contributed by atoms with Gasteiger partial charge >= 0.3 is 0 Å². The predicted octanol–water partition coefficient (Wildman–Crippen LogP) is 3.39. The summed E-state index contributed by atoms with van der Waals surface area (Å²) in [6, 6.07) is 15.2. The summed E-state index contributed by atoms with van der Waals surface area (Å²) in [5.41, 5.74) is 2.08. The third-order valence-corrected chi connectivity index (χ3v) is 5.53. The van der Waals surface area contributed by atoms with Gasteiger partial charge < -0.3 is 4.90 Å². The Morgan fingerprint density at radius 2 is 1.92 bits per heavy atom. The molecule has 0 aliphatic carbocycles. The van der Waals surface area contributed by atoms with E-state index in [1.54, 1.807) is 13.1 Å². The standard InChI is InChI=1S/C21H25N3O/c1-16(25)19-8-10-21(22-11-19)24-14-18-7-9-20(15-24)23(13-18)12-17-5-3-2-4-6-17/h2-6,8,10-11,18,20H,7,9,12-15H2,1H3/t18-,20-/m0/s1. The number of fused-ring (bicyclic) bond motifs is 4. The molecule has 1 aromatic carbocycles. The summed E-state index contributed by atoms with van der Waals surface area (Å²) >= 11 is 0. The number of benzene rings is 1. The average molecular weight is 335 g/mol. The molecule has 4 nitrogen and oxygen atoms in total. The van der Waals surface area contributed by atoms with Crippen molar-refractivity contribution in [3.05, 3.63) is 59.8 Å². The normalized spacial score (nSPS) is 23.5. The lowest BCUT2D eigenvalue weighted by molar-refractivity contribution is 0.101. The van der Waals surface area contributed by atoms with E-state index in [2.05, 4.69) is 45.1 Å². The third kappa shape index (κ3) is 3.59. The molecule has 0 unspecified atom stereocenters. The number of rotatable bonds is 4.